The number of hydrogen-bond acceptors (Lipinski definition) is 3. The van der Waals surface area contributed by atoms with Gasteiger partial charge in [-0.05, 0) is 23.6 Å². The third kappa shape index (κ3) is 5.13. The molecule has 0 aliphatic carbocycles. The van der Waals surface area contributed by atoms with Gasteiger partial charge in [-0.25, -0.2) is 17.5 Å². The van der Waals surface area contributed by atoms with Crippen LogP contribution in [0.3, 0.4) is 0 Å². The summed E-state index contributed by atoms with van der Waals surface area (Å²) in [6.07, 6.45) is 0.917. The highest BCUT2D eigenvalue weighted by molar-refractivity contribution is 7.88. The zero-order valence-corrected chi connectivity index (χ0v) is 13.6. The Labute approximate surface area is 126 Å². The van der Waals surface area contributed by atoms with E-state index in [2.05, 4.69) is 0 Å². The van der Waals surface area contributed by atoms with E-state index >= 15 is 0 Å². The summed E-state index contributed by atoms with van der Waals surface area (Å²) in [5.41, 5.74) is 0.602. The number of carboxylic acid groups (broad SMARTS) is 1. The molecule has 0 aromatic heterocycles. The Morgan fingerprint density at radius 2 is 2.00 bits per heavy atom. The standard InChI is InChI=1S/C15H23NO4S/c1-4-12(3)10-16(5-2)21(19,20)11-13-7-6-8-14(9-13)15(17)18/h6-9,12H,4-5,10-11H2,1-3H3,(H,17,18). The topological polar surface area (TPSA) is 74.7 Å². The molecule has 0 heterocycles. The molecule has 5 nitrogen and oxygen atoms in total. The molecule has 1 aromatic rings. The van der Waals surface area contributed by atoms with Crippen LogP contribution >= 0.6 is 0 Å². The Balaban J connectivity index is 2.92. The van der Waals surface area contributed by atoms with E-state index in [-0.39, 0.29) is 11.3 Å². The van der Waals surface area contributed by atoms with Crippen molar-refractivity contribution in [2.24, 2.45) is 5.92 Å². The number of carboxylic acids is 1. The number of rotatable bonds is 8. The summed E-state index contributed by atoms with van der Waals surface area (Å²) in [6.45, 7) is 6.78. The Kier molecular flexibility index (Phi) is 6.36. The molecule has 1 N–H and O–H groups in total. The molecule has 0 spiro atoms. The maximum atomic E-state index is 12.4. The molecule has 118 valence electrons. The fourth-order valence-corrected chi connectivity index (χ4v) is 3.67. The van der Waals surface area contributed by atoms with E-state index in [0.717, 1.165) is 6.42 Å². The van der Waals surface area contributed by atoms with Gasteiger partial charge in [0.2, 0.25) is 10.0 Å². The number of hydrogen-bond donors (Lipinski definition) is 1. The van der Waals surface area contributed by atoms with Crippen LogP contribution in [0.5, 0.6) is 0 Å². The lowest BCUT2D eigenvalue weighted by Crippen LogP contribution is -2.35. The molecule has 1 aromatic carbocycles. The molecule has 6 heteroatoms. The molecule has 0 radical (unpaired) electrons. The first-order valence-electron chi connectivity index (χ1n) is 7.10. The molecule has 0 fully saturated rings. The van der Waals surface area contributed by atoms with Gasteiger partial charge in [0.15, 0.2) is 0 Å². The third-order valence-electron chi connectivity index (χ3n) is 3.48. The fourth-order valence-electron chi connectivity index (χ4n) is 2.01. The van der Waals surface area contributed by atoms with E-state index in [1.54, 1.807) is 12.1 Å². The molecular formula is C15H23NO4S. The van der Waals surface area contributed by atoms with Gasteiger partial charge in [-0.15, -0.1) is 0 Å². The van der Waals surface area contributed by atoms with Gasteiger partial charge in [0.25, 0.3) is 0 Å². The number of sulfonamides is 1. The van der Waals surface area contributed by atoms with Gasteiger partial charge in [-0.1, -0.05) is 39.3 Å². The van der Waals surface area contributed by atoms with E-state index in [1.165, 1.54) is 16.4 Å². The second kappa shape index (κ2) is 7.56. The highest BCUT2D eigenvalue weighted by atomic mass is 32.2. The Morgan fingerprint density at radius 3 is 2.52 bits per heavy atom. The van der Waals surface area contributed by atoms with Crippen molar-refractivity contribution in [3.05, 3.63) is 35.4 Å². The van der Waals surface area contributed by atoms with Crippen LogP contribution in [0.4, 0.5) is 0 Å². The maximum absolute atomic E-state index is 12.4. The van der Waals surface area contributed by atoms with Crippen molar-refractivity contribution in [2.45, 2.75) is 32.9 Å². The maximum Gasteiger partial charge on any atom is 0.335 e. The smallest absolute Gasteiger partial charge is 0.335 e. The molecule has 0 saturated heterocycles. The summed E-state index contributed by atoms with van der Waals surface area (Å²) in [7, 11) is -3.43. The van der Waals surface area contributed by atoms with E-state index in [9.17, 15) is 13.2 Å². The van der Waals surface area contributed by atoms with E-state index < -0.39 is 16.0 Å². The van der Waals surface area contributed by atoms with Crippen LogP contribution in [-0.2, 0) is 15.8 Å². The van der Waals surface area contributed by atoms with Gasteiger partial charge >= 0.3 is 5.97 Å². The van der Waals surface area contributed by atoms with Crippen LogP contribution in [0.2, 0.25) is 0 Å². The first-order chi connectivity index (χ1) is 9.80. The van der Waals surface area contributed by atoms with Crippen LogP contribution in [0.1, 0.15) is 43.1 Å². The molecule has 1 rings (SSSR count). The molecule has 0 aliphatic heterocycles. The minimum Gasteiger partial charge on any atom is -0.478 e. The van der Waals surface area contributed by atoms with Crippen molar-refractivity contribution in [1.29, 1.82) is 0 Å². The minimum absolute atomic E-state index is 0.104. The highest BCUT2D eigenvalue weighted by Gasteiger charge is 2.22. The van der Waals surface area contributed by atoms with Crippen LogP contribution in [-0.4, -0.2) is 36.9 Å². The van der Waals surface area contributed by atoms with Crippen molar-refractivity contribution >= 4 is 16.0 Å². The predicted molar refractivity (Wildman–Crippen MR) is 82.7 cm³/mol. The summed E-state index contributed by atoms with van der Waals surface area (Å²) in [4.78, 5) is 10.9. The monoisotopic (exact) mass is 313 g/mol. The van der Waals surface area contributed by atoms with Crippen LogP contribution in [0.15, 0.2) is 24.3 Å². The number of carbonyl (C=O) groups is 1. The number of nitrogens with zero attached hydrogens (tertiary/aromatic N) is 1. The summed E-state index contributed by atoms with van der Waals surface area (Å²) in [5.74, 6) is -0.926. The molecule has 1 atom stereocenters. The lowest BCUT2D eigenvalue weighted by molar-refractivity contribution is 0.0696. The lowest BCUT2D eigenvalue weighted by atomic mass is 10.1. The van der Waals surface area contributed by atoms with Crippen molar-refractivity contribution in [2.75, 3.05) is 13.1 Å². The second-order valence-electron chi connectivity index (χ2n) is 5.23. The third-order valence-corrected chi connectivity index (χ3v) is 5.37. The Morgan fingerprint density at radius 1 is 1.33 bits per heavy atom. The second-order valence-corrected chi connectivity index (χ2v) is 7.19. The molecule has 0 amide bonds. The zero-order valence-electron chi connectivity index (χ0n) is 12.7. The van der Waals surface area contributed by atoms with Crippen LogP contribution in [0, 0.1) is 5.92 Å². The Hall–Kier alpha value is -1.40. The van der Waals surface area contributed by atoms with E-state index in [4.69, 9.17) is 5.11 Å². The van der Waals surface area contributed by atoms with Gasteiger partial charge in [-0.2, -0.15) is 0 Å². The first-order valence-corrected chi connectivity index (χ1v) is 8.71. The predicted octanol–water partition coefficient (Wildman–Crippen LogP) is 2.58. The summed E-state index contributed by atoms with van der Waals surface area (Å²) < 4.78 is 26.4. The van der Waals surface area contributed by atoms with Crippen LogP contribution in [0.25, 0.3) is 0 Å². The fraction of sp³-hybridized carbons (Fsp3) is 0.533. The first kappa shape index (κ1) is 17.7. The van der Waals surface area contributed by atoms with Gasteiger partial charge in [0.05, 0.1) is 11.3 Å². The SMILES string of the molecule is CCC(C)CN(CC)S(=O)(=O)Cc1cccc(C(=O)O)c1. The molecule has 0 saturated carbocycles. The van der Waals surface area contributed by atoms with E-state index in [1.807, 2.05) is 20.8 Å². The summed E-state index contributed by atoms with van der Waals surface area (Å²) in [5, 5.41) is 8.95. The van der Waals surface area contributed by atoms with Crippen molar-refractivity contribution < 1.29 is 18.3 Å². The largest absolute Gasteiger partial charge is 0.478 e. The minimum atomic E-state index is -3.43. The molecule has 21 heavy (non-hydrogen) atoms. The summed E-state index contributed by atoms with van der Waals surface area (Å²) >= 11 is 0. The zero-order chi connectivity index (χ0) is 16.0. The number of aromatic carboxylic acids is 1. The van der Waals surface area contributed by atoms with Crippen LogP contribution < -0.4 is 0 Å². The molecule has 1 unspecified atom stereocenters. The van der Waals surface area contributed by atoms with Gasteiger partial charge in [0, 0.05) is 13.1 Å². The van der Waals surface area contributed by atoms with Gasteiger partial charge in [-0.3, -0.25) is 0 Å². The molecular weight excluding hydrogens is 290 g/mol. The number of benzene rings is 1. The molecule has 0 bridgehead atoms. The van der Waals surface area contributed by atoms with Gasteiger partial charge in [0.1, 0.15) is 0 Å². The normalized spacial score (nSPS) is 13.3. The average molecular weight is 313 g/mol. The highest BCUT2D eigenvalue weighted by Crippen LogP contribution is 2.15. The lowest BCUT2D eigenvalue weighted by Gasteiger charge is -2.23. The molecule has 0 aliphatic rings. The summed E-state index contributed by atoms with van der Waals surface area (Å²) in [6, 6.07) is 6.08. The quantitative estimate of drug-likeness (QED) is 0.800. The van der Waals surface area contributed by atoms with Crippen molar-refractivity contribution in [1.82, 2.24) is 4.31 Å². The Bertz CT molecular complexity index is 583. The van der Waals surface area contributed by atoms with Crippen molar-refractivity contribution in [3.63, 3.8) is 0 Å². The average Bonchev–Trinajstić information content (AvgIpc) is 2.43. The van der Waals surface area contributed by atoms with Crippen molar-refractivity contribution in [3.8, 4) is 0 Å². The van der Waals surface area contributed by atoms with Gasteiger partial charge < -0.3 is 5.11 Å². The van der Waals surface area contributed by atoms with E-state index in [0.29, 0.717) is 24.6 Å².